The number of quaternary nitrogens is 1. The molecule has 0 aromatic carbocycles. The van der Waals surface area contributed by atoms with Crippen LogP contribution in [0.4, 0.5) is 0 Å². The van der Waals surface area contributed by atoms with Crippen molar-refractivity contribution in [3.05, 3.63) is 0 Å². The number of carboxylic acid groups (broad SMARTS) is 1. The van der Waals surface area contributed by atoms with Crippen LogP contribution in [0.2, 0.25) is 0 Å². The van der Waals surface area contributed by atoms with Gasteiger partial charge in [-0.3, -0.25) is 0 Å². The second-order valence-electron chi connectivity index (χ2n) is 7.91. The molecule has 0 rings (SSSR count). The van der Waals surface area contributed by atoms with Gasteiger partial charge in [-0.25, -0.2) is 0 Å². The van der Waals surface area contributed by atoms with Crippen LogP contribution in [0.25, 0.3) is 0 Å². The summed E-state index contributed by atoms with van der Waals surface area (Å²) < 4.78 is 0.869. The van der Waals surface area contributed by atoms with Crippen molar-refractivity contribution in [1.82, 2.24) is 0 Å². The molecule has 0 amide bonds. The molecule has 0 spiro atoms. The summed E-state index contributed by atoms with van der Waals surface area (Å²) in [6.45, 7) is 12.0. The van der Waals surface area contributed by atoms with Gasteiger partial charge >= 0.3 is 0 Å². The molecular formula is C21H43NO3. The molecule has 0 aromatic rings. The van der Waals surface area contributed by atoms with Gasteiger partial charge in [0.15, 0.2) is 0 Å². The van der Waals surface area contributed by atoms with E-state index in [-0.39, 0.29) is 6.10 Å². The zero-order valence-electron chi connectivity index (χ0n) is 17.3. The van der Waals surface area contributed by atoms with Gasteiger partial charge in [-0.1, -0.05) is 66.2 Å². The van der Waals surface area contributed by atoms with Crippen LogP contribution in [-0.2, 0) is 4.79 Å². The molecule has 0 fully saturated rings. The summed E-state index contributed by atoms with van der Waals surface area (Å²) >= 11 is 0. The number of hydrogen-bond donors (Lipinski definition) is 1. The summed E-state index contributed by atoms with van der Waals surface area (Å²) in [7, 11) is 0. The third kappa shape index (κ3) is 11.6. The molecule has 4 heteroatoms. The summed E-state index contributed by atoms with van der Waals surface area (Å²) in [5.41, 5.74) is 0. The molecule has 0 bridgehead atoms. The van der Waals surface area contributed by atoms with E-state index in [0.717, 1.165) is 69.2 Å². The third-order valence-corrected chi connectivity index (χ3v) is 5.40. The van der Waals surface area contributed by atoms with Crippen molar-refractivity contribution in [2.45, 2.75) is 98.0 Å². The number of carbonyl (C=O) groups excluding carboxylic acids is 1. The van der Waals surface area contributed by atoms with Crippen LogP contribution in [-0.4, -0.2) is 47.8 Å². The normalized spacial score (nSPS) is 14.4. The fourth-order valence-electron chi connectivity index (χ4n) is 3.53. The quantitative estimate of drug-likeness (QED) is 0.320. The Kier molecular flexibility index (Phi) is 14.2. The highest BCUT2D eigenvalue weighted by Crippen LogP contribution is 2.19. The van der Waals surface area contributed by atoms with Crippen LogP contribution >= 0.6 is 0 Å². The predicted molar refractivity (Wildman–Crippen MR) is 103 cm³/mol. The van der Waals surface area contributed by atoms with Crippen molar-refractivity contribution in [2.24, 2.45) is 5.92 Å². The van der Waals surface area contributed by atoms with Gasteiger partial charge in [0.1, 0.15) is 12.6 Å². The van der Waals surface area contributed by atoms with Gasteiger partial charge in [0.2, 0.25) is 0 Å². The number of aliphatic hydroxyl groups excluding tert-OH is 1. The van der Waals surface area contributed by atoms with Gasteiger partial charge in [0, 0.05) is 18.3 Å². The van der Waals surface area contributed by atoms with Crippen LogP contribution in [0.5, 0.6) is 0 Å². The summed E-state index contributed by atoms with van der Waals surface area (Å²) in [5, 5.41) is 21.7. The van der Waals surface area contributed by atoms with Gasteiger partial charge < -0.3 is 19.5 Å². The minimum atomic E-state index is -0.954. The Morgan fingerprint density at radius 3 is 1.92 bits per heavy atom. The SMILES string of the molecule is CCCCCCC(O)C[N+](CCCC)(CCCC)CCC(C)C(=O)[O-]. The first kappa shape index (κ1) is 24.4. The van der Waals surface area contributed by atoms with Crippen LogP contribution < -0.4 is 5.11 Å². The summed E-state index contributed by atoms with van der Waals surface area (Å²) in [4.78, 5) is 11.1. The lowest BCUT2D eigenvalue weighted by Crippen LogP contribution is -2.54. The third-order valence-electron chi connectivity index (χ3n) is 5.40. The number of carbonyl (C=O) groups is 1. The number of rotatable bonds is 17. The molecule has 2 unspecified atom stereocenters. The Labute approximate surface area is 156 Å². The highest BCUT2D eigenvalue weighted by Gasteiger charge is 2.29. The van der Waals surface area contributed by atoms with Gasteiger partial charge in [0.25, 0.3) is 0 Å². The van der Waals surface area contributed by atoms with E-state index in [4.69, 9.17) is 0 Å². The molecule has 0 radical (unpaired) electrons. The van der Waals surface area contributed by atoms with Crippen molar-refractivity contribution in [1.29, 1.82) is 0 Å². The number of aliphatic hydroxyl groups is 1. The van der Waals surface area contributed by atoms with Crippen LogP contribution in [0.3, 0.4) is 0 Å². The van der Waals surface area contributed by atoms with Gasteiger partial charge in [-0.05, 0) is 19.3 Å². The zero-order valence-corrected chi connectivity index (χ0v) is 17.3. The van der Waals surface area contributed by atoms with Crippen molar-refractivity contribution in [3.63, 3.8) is 0 Å². The first-order valence-electron chi connectivity index (χ1n) is 10.6. The van der Waals surface area contributed by atoms with Crippen LogP contribution in [0.1, 0.15) is 91.9 Å². The predicted octanol–water partition coefficient (Wildman–Crippen LogP) is 3.51. The van der Waals surface area contributed by atoms with Gasteiger partial charge in [0.05, 0.1) is 19.6 Å². The Hall–Kier alpha value is -0.610. The molecule has 0 heterocycles. The van der Waals surface area contributed by atoms with Crippen molar-refractivity contribution in [2.75, 3.05) is 26.2 Å². The second kappa shape index (κ2) is 14.5. The minimum Gasteiger partial charge on any atom is -0.550 e. The largest absolute Gasteiger partial charge is 0.550 e. The monoisotopic (exact) mass is 357 g/mol. The molecular weight excluding hydrogens is 314 g/mol. The average molecular weight is 358 g/mol. The fraction of sp³-hybridized carbons (Fsp3) is 0.952. The lowest BCUT2D eigenvalue weighted by atomic mass is 10.0. The van der Waals surface area contributed by atoms with Crippen molar-refractivity contribution < 1.29 is 19.5 Å². The van der Waals surface area contributed by atoms with E-state index >= 15 is 0 Å². The van der Waals surface area contributed by atoms with Crippen molar-refractivity contribution in [3.8, 4) is 0 Å². The Balaban J connectivity index is 4.86. The molecule has 0 saturated heterocycles. The smallest absolute Gasteiger partial charge is 0.105 e. The number of carboxylic acids is 1. The number of unbranched alkanes of at least 4 members (excludes halogenated alkanes) is 5. The molecule has 0 aliphatic heterocycles. The van der Waals surface area contributed by atoms with E-state index < -0.39 is 11.9 Å². The Bertz CT molecular complexity index is 325. The first-order chi connectivity index (χ1) is 11.9. The lowest BCUT2D eigenvalue weighted by Gasteiger charge is -2.41. The summed E-state index contributed by atoms with van der Waals surface area (Å²) in [6.07, 6.45) is 10.5. The molecule has 0 aromatic heterocycles. The summed E-state index contributed by atoms with van der Waals surface area (Å²) in [6, 6.07) is 0. The zero-order chi connectivity index (χ0) is 19.1. The van der Waals surface area contributed by atoms with Gasteiger partial charge in [-0.15, -0.1) is 0 Å². The first-order valence-corrected chi connectivity index (χ1v) is 10.6. The topological polar surface area (TPSA) is 60.4 Å². The van der Waals surface area contributed by atoms with E-state index in [2.05, 4.69) is 20.8 Å². The Morgan fingerprint density at radius 1 is 0.880 bits per heavy atom. The van der Waals surface area contributed by atoms with E-state index in [0.29, 0.717) is 6.42 Å². The minimum absolute atomic E-state index is 0.274. The van der Waals surface area contributed by atoms with Crippen LogP contribution in [0, 0.1) is 5.92 Å². The highest BCUT2D eigenvalue weighted by molar-refractivity contribution is 5.66. The molecule has 0 saturated carbocycles. The molecule has 1 N–H and O–H groups in total. The maximum absolute atomic E-state index is 11.1. The number of aliphatic carboxylic acids is 1. The molecule has 2 atom stereocenters. The lowest BCUT2D eigenvalue weighted by molar-refractivity contribution is -0.931. The second-order valence-corrected chi connectivity index (χ2v) is 7.91. The molecule has 25 heavy (non-hydrogen) atoms. The number of hydrogen-bond acceptors (Lipinski definition) is 3. The maximum Gasteiger partial charge on any atom is 0.105 e. The Morgan fingerprint density at radius 2 is 1.44 bits per heavy atom. The molecule has 0 aliphatic carbocycles. The standard InChI is InChI=1S/C21H43NO3/c1-5-8-11-12-13-20(23)18-22(15-9-6-2,16-10-7-3)17-14-19(4)21(24)25/h19-20,23H,5-18H2,1-4H3. The highest BCUT2D eigenvalue weighted by atomic mass is 16.4. The molecule has 150 valence electrons. The van der Waals surface area contributed by atoms with Gasteiger partial charge in [-0.2, -0.15) is 0 Å². The maximum atomic E-state index is 11.1. The van der Waals surface area contributed by atoms with E-state index in [1.807, 2.05) is 0 Å². The average Bonchev–Trinajstić information content (AvgIpc) is 2.59. The van der Waals surface area contributed by atoms with E-state index in [1.165, 1.54) is 19.3 Å². The number of nitrogens with zero attached hydrogens (tertiary/aromatic N) is 1. The van der Waals surface area contributed by atoms with Crippen molar-refractivity contribution >= 4 is 5.97 Å². The van der Waals surface area contributed by atoms with E-state index in [9.17, 15) is 15.0 Å². The summed E-state index contributed by atoms with van der Waals surface area (Å²) in [5.74, 6) is -1.37. The fourth-order valence-corrected chi connectivity index (χ4v) is 3.53. The van der Waals surface area contributed by atoms with Crippen LogP contribution in [0.15, 0.2) is 0 Å². The molecule has 0 aliphatic rings. The molecule has 4 nitrogen and oxygen atoms in total. The van der Waals surface area contributed by atoms with E-state index in [1.54, 1.807) is 6.92 Å².